The molecule has 7 nitrogen and oxygen atoms in total. The van der Waals surface area contributed by atoms with Crippen molar-refractivity contribution in [2.24, 2.45) is 0 Å². The number of nitrogens with one attached hydrogen (secondary N) is 1. The zero-order valence-corrected chi connectivity index (χ0v) is 12.8. The predicted octanol–water partition coefficient (Wildman–Crippen LogP) is 3.37. The van der Waals surface area contributed by atoms with Gasteiger partial charge in [-0.25, -0.2) is 9.97 Å². The van der Waals surface area contributed by atoms with Gasteiger partial charge >= 0.3 is 0 Å². The molecule has 8 heteroatoms. The van der Waals surface area contributed by atoms with Crippen LogP contribution in [0, 0.1) is 10.1 Å². The van der Waals surface area contributed by atoms with Gasteiger partial charge in [-0.3, -0.25) is 10.1 Å². The Bertz CT molecular complexity index is 811. The molecule has 2 aromatic heterocycles. The third kappa shape index (κ3) is 2.96. The van der Waals surface area contributed by atoms with Crippen LogP contribution in [0.2, 0.25) is 0 Å². The number of hydrogen-bond donors (Lipinski definition) is 1. The minimum Gasteiger partial charge on any atom is -0.334 e. The van der Waals surface area contributed by atoms with E-state index in [-0.39, 0.29) is 5.69 Å². The van der Waals surface area contributed by atoms with Crippen LogP contribution in [0.3, 0.4) is 0 Å². The van der Waals surface area contributed by atoms with E-state index >= 15 is 0 Å². The lowest BCUT2D eigenvalue weighted by atomic mass is 10.3. The van der Waals surface area contributed by atoms with Crippen LogP contribution < -0.4 is 0 Å². The molecule has 0 atom stereocenters. The number of hydrogen-bond acceptors (Lipinski definition) is 5. The van der Waals surface area contributed by atoms with Crippen molar-refractivity contribution in [1.29, 1.82) is 0 Å². The lowest BCUT2D eigenvalue weighted by Crippen LogP contribution is -1.99. The first-order valence-corrected chi connectivity index (χ1v) is 7.92. The summed E-state index contributed by atoms with van der Waals surface area (Å²) in [5.74, 6) is 0.752. The first-order chi connectivity index (χ1) is 10.7. The minimum atomic E-state index is -0.412. The highest BCUT2D eigenvalue weighted by Crippen LogP contribution is 2.25. The molecule has 114 valence electrons. The number of imidazole rings is 2. The summed E-state index contributed by atoms with van der Waals surface area (Å²) in [6.07, 6.45) is 4.75. The average molecular weight is 317 g/mol. The van der Waals surface area contributed by atoms with E-state index in [0.29, 0.717) is 5.52 Å². The highest BCUT2D eigenvalue weighted by Gasteiger charge is 2.10. The molecule has 0 fully saturated rings. The molecule has 3 rings (SSSR count). The number of nitrogens with zero attached hydrogens (tertiary/aromatic N) is 4. The van der Waals surface area contributed by atoms with Gasteiger partial charge in [-0.05, 0) is 12.5 Å². The maximum absolute atomic E-state index is 10.8. The Kier molecular flexibility index (Phi) is 4.10. The molecule has 1 aromatic carbocycles. The fraction of sp³-hybridized carbons (Fsp3) is 0.286. The second-order valence-corrected chi connectivity index (χ2v) is 5.83. The van der Waals surface area contributed by atoms with E-state index in [2.05, 4.69) is 26.4 Å². The molecule has 3 aromatic rings. The zero-order chi connectivity index (χ0) is 15.5. The number of aryl methyl sites for hydroxylation is 1. The van der Waals surface area contributed by atoms with Gasteiger partial charge in [0.25, 0.3) is 5.69 Å². The summed E-state index contributed by atoms with van der Waals surface area (Å²) in [5, 5.41) is 11.5. The number of benzene rings is 1. The standard InChI is InChI=1S/C14H15N5O2S/c1-2-5-18-9-15-7-11(18)8-22-14-16-12-4-3-10(19(20)21)6-13(12)17-14/h3-4,6-7,9H,2,5,8H2,1H3,(H,16,17). The Morgan fingerprint density at radius 2 is 2.32 bits per heavy atom. The summed E-state index contributed by atoms with van der Waals surface area (Å²) in [6, 6.07) is 4.65. The van der Waals surface area contributed by atoms with Crippen molar-refractivity contribution in [2.45, 2.75) is 30.8 Å². The number of aromatic amines is 1. The third-order valence-electron chi connectivity index (χ3n) is 3.28. The fourth-order valence-electron chi connectivity index (χ4n) is 2.21. The fourth-order valence-corrected chi connectivity index (χ4v) is 3.08. The number of fused-ring (bicyclic) bond motifs is 1. The maximum atomic E-state index is 10.8. The van der Waals surface area contributed by atoms with Crippen molar-refractivity contribution in [3.63, 3.8) is 0 Å². The number of non-ortho nitro benzene ring substituents is 1. The van der Waals surface area contributed by atoms with Crippen molar-refractivity contribution in [1.82, 2.24) is 19.5 Å². The van der Waals surface area contributed by atoms with E-state index in [9.17, 15) is 10.1 Å². The number of H-pyrrole nitrogens is 1. The molecular weight excluding hydrogens is 302 g/mol. The smallest absolute Gasteiger partial charge is 0.271 e. The van der Waals surface area contributed by atoms with Gasteiger partial charge in [0.1, 0.15) is 0 Å². The van der Waals surface area contributed by atoms with Crippen LogP contribution in [0.5, 0.6) is 0 Å². The van der Waals surface area contributed by atoms with Crippen molar-refractivity contribution in [3.8, 4) is 0 Å². The molecule has 22 heavy (non-hydrogen) atoms. The van der Waals surface area contributed by atoms with Crippen molar-refractivity contribution < 1.29 is 4.92 Å². The Hall–Kier alpha value is -2.35. The molecule has 0 radical (unpaired) electrons. The van der Waals surface area contributed by atoms with Gasteiger partial charge in [-0.2, -0.15) is 0 Å². The molecule has 1 N–H and O–H groups in total. The van der Waals surface area contributed by atoms with Gasteiger partial charge in [-0.1, -0.05) is 18.7 Å². The van der Waals surface area contributed by atoms with E-state index in [0.717, 1.165) is 35.1 Å². The Labute approximate surface area is 130 Å². The van der Waals surface area contributed by atoms with E-state index in [1.807, 2.05) is 12.5 Å². The largest absolute Gasteiger partial charge is 0.334 e. The highest BCUT2D eigenvalue weighted by molar-refractivity contribution is 7.98. The van der Waals surface area contributed by atoms with Gasteiger partial charge in [-0.15, -0.1) is 0 Å². The van der Waals surface area contributed by atoms with Crippen molar-refractivity contribution >= 4 is 28.5 Å². The molecule has 0 aliphatic carbocycles. The quantitative estimate of drug-likeness (QED) is 0.427. The van der Waals surface area contributed by atoms with Crippen molar-refractivity contribution in [3.05, 3.63) is 46.5 Å². The van der Waals surface area contributed by atoms with E-state index in [1.165, 1.54) is 12.1 Å². The number of nitro benzene ring substituents is 1. The summed E-state index contributed by atoms with van der Waals surface area (Å²) in [4.78, 5) is 22.1. The van der Waals surface area contributed by atoms with Crippen LogP contribution >= 0.6 is 11.8 Å². The Morgan fingerprint density at radius 3 is 3.09 bits per heavy atom. The van der Waals surface area contributed by atoms with Gasteiger partial charge in [0, 0.05) is 36.3 Å². The molecule has 2 heterocycles. The molecule has 0 bridgehead atoms. The molecule has 0 aliphatic heterocycles. The summed E-state index contributed by atoms with van der Waals surface area (Å²) in [6.45, 7) is 3.07. The summed E-state index contributed by atoms with van der Waals surface area (Å²) in [5.41, 5.74) is 2.60. The first kappa shape index (κ1) is 14.6. The van der Waals surface area contributed by atoms with Crippen LogP contribution in [-0.4, -0.2) is 24.4 Å². The Balaban J connectivity index is 1.76. The van der Waals surface area contributed by atoms with E-state index in [4.69, 9.17) is 0 Å². The van der Waals surface area contributed by atoms with Gasteiger partial charge < -0.3 is 9.55 Å². The average Bonchev–Trinajstić information content (AvgIpc) is 3.10. The Morgan fingerprint density at radius 1 is 1.45 bits per heavy atom. The molecule has 0 saturated heterocycles. The van der Waals surface area contributed by atoms with E-state index < -0.39 is 4.92 Å². The van der Waals surface area contributed by atoms with Gasteiger partial charge in [0.05, 0.1) is 22.3 Å². The lowest BCUT2D eigenvalue weighted by molar-refractivity contribution is -0.384. The number of aromatic nitrogens is 4. The molecule has 0 saturated carbocycles. The molecular formula is C14H15N5O2S. The van der Waals surface area contributed by atoms with Gasteiger partial charge in [0.15, 0.2) is 5.16 Å². The molecule has 0 amide bonds. The number of thioether (sulfide) groups is 1. The van der Waals surface area contributed by atoms with Crippen molar-refractivity contribution in [2.75, 3.05) is 0 Å². The number of rotatable bonds is 6. The van der Waals surface area contributed by atoms with Crippen LogP contribution in [0.15, 0.2) is 35.9 Å². The normalized spacial score (nSPS) is 11.1. The van der Waals surface area contributed by atoms with Crippen LogP contribution in [0.1, 0.15) is 19.0 Å². The number of nitro groups is 1. The van der Waals surface area contributed by atoms with Crippen LogP contribution in [0.4, 0.5) is 5.69 Å². The third-order valence-corrected chi connectivity index (χ3v) is 4.18. The van der Waals surface area contributed by atoms with E-state index in [1.54, 1.807) is 17.8 Å². The minimum absolute atomic E-state index is 0.0524. The second-order valence-electron chi connectivity index (χ2n) is 4.87. The first-order valence-electron chi connectivity index (χ1n) is 6.93. The maximum Gasteiger partial charge on any atom is 0.271 e. The lowest BCUT2D eigenvalue weighted by Gasteiger charge is -2.04. The molecule has 0 aliphatic rings. The topological polar surface area (TPSA) is 89.6 Å². The van der Waals surface area contributed by atoms with Gasteiger partial charge in [0.2, 0.25) is 0 Å². The SMILES string of the molecule is CCCn1cncc1CSc1nc2cc([N+](=O)[O-])ccc2[nH]1. The summed E-state index contributed by atoms with van der Waals surface area (Å²) >= 11 is 1.56. The van der Waals surface area contributed by atoms with Crippen LogP contribution in [-0.2, 0) is 12.3 Å². The molecule has 0 spiro atoms. The summed E-state index contributed by atoms with van der Waals surface area (Å²) < 4.78 is 2.13. The predicted molar refractivity (Wildman–Crippen MR) is 84.8 cm³/mol. The highest BCUT2D eigenvalue weighted by atomic mass is 32.2. The summed E-state index contributed by atoms with van der Waals surface area (Å²) in [7, 11) is 0. The van der Waals surface area contributed by atoms with Crippen LogP contribution in [0.25, 0.3) is 11.0 Å². The zero-order valence-electron chi connectivity index (χ0n) is 12.0. The second kappa shape index (κ2) is 6.18. The molecule has 0 unspecified atom stereocenters. The monoisotopic (exact) mass is 317 g/mol.